The number of carbonyl (C=O) groups excluding carboxylic acids is 1. The number of aromatic hydroxyl groups is 1. The van der Waals surface area contributed by atoms with Gasteiger partial charge in [-0.05, 0) is 36.4 Å². The minimum atomic E-state index is -4.20. The molecular formula is C25H19O6P. The Balaban J connectivity index is 1.61. The van der Waals surface area contributed by atoms with Gasteiger partial charge in [-0.15, -0.1) is 0 Å². The average Bonchev–Trinajstić information content (AvgIpc) is 2.80. The fraction of sp³-hybridized carbons (Fsp3) is 0. The molecule has 0 atom stereocenters. The molecular weight excluding hydrogens is 427 g/mol. The minimum absolute atomic E-state index is 0.0160. The van der Waals surface area contributed by atoms with Crippen molar-refractivity contribution in [3.05, 3.63) is 120 Å². The molecule has 0 radical (unpaired) electrons. The molecule has 0 aliphatic carbocycles. The largest absolute Gasteiger partial charge is 0.647 e. The Morgan fingerprint density at radius 3 is 1.59 bits per heavy atom. The molecule has 0 bridgehead atoms. The van der Waals surface area contributed by atoms with Gasteiger partial charge in [0.25, 0.3) is 0 Å². The Hall–Kier alpha value is -4.02. The quantitative estimate of drug-likeness (QED) is 0.254. The van der Waals surface area contributed by atoms with Gasteiger partial charge in [0.15, 0.2) is 5.78 Å². The number of hydrogen-bond donors (Lipinski definition) is 1. The molecule has 4 rings (SSSR count). The van der Waals surface area contributed by atoms with Gasteiger partial charge in [0.05, 0.1) is 5.56 Å². The Kier molecular flexibility index (Phi) is 6.24. The van der Waals surface area contributed by atoms with Gasteiger partial charge in [0, 0.05) is 11.6 Å². The summed E-state index contributed by atoms with van der Waals surface area (Å²) in [6.45, 7) is 0. The van der Waals surface area contributed by atoms with E-state index in [1.165, 1.54) is 18.2 Å². The average molecular weight is 446 g/mol. The molecule has 1 N–H and O–H groups in total. The van der Waals surface area contributed by atoms with Crippen molar-refractivity contribution < 1.29 is 28.0 Å². The molecule has 0 saturated carbocycles. The highest BCUT2D eigenvalue weighted by Crippen LogP contribution is 2.50. The predicted molar refractivity (Wildman–Crippen MR) is 120 cm³/mol. The molecule has 6 nitrogen and oxygen atoms in total. The van der Waals surface area contributed by atoms with Gasteiger partial charge in [-0.3, -0.25) is 4.79 Å². The molecule has 160 valence electrons. The van der Waals surface area contributed by atoms with E-state index in [1.807, 2.05) is 0 Å². The van der Waals surface area contributed by atoms with Gasteiger partial charge in [0.1, 0.15) is 23.0 Å². The number of phenols is 1. The highest BCUT2D eigenvalue weighted by Gasteiger charge is 2.33. The van der Waals surface area contributed by atoms with E-state index >= 15 is 0 Å². The number of para-hydroxylation sites is 2. The first-order chi connectivity index (χ1) is 15.5. The maximum absolute atomic E-state index is 13.5. The molecule has 0 saturated heterocycles. The summed E-state index contributed by atoms with van der Waals surface area (Å²) in [5.41, 5.74) is 0.522. The normalized spacial score (nSPS) is 10.9. The number of phenolic OH excluding ortho intramolecular Hbond substituents is 1. The van der Waals surface area contributed by atoms with E-state index in [1.54, 1.807) is 91.0 Å². The molecule has 4 aromatic rings. The van der Waals surface area contributed by atoms with Crippen LogP contribution in [0, 0.1) is 0 Å². The van der Waals surface area contributed by atoms with Crippen LogP contribution < -0.4 is 13.6 Å². The van der Waals surface area contributed by atoms with Crippen LogP contribution in [0.1, 0.15) is 15.9 Å². The van der Waals surface area contributed by atoms with Crippen molar-refractivity contribution in [1.82, 2.24) is 0 Å². The van der Waals surface area contributed by atoms with E-state index in [9.17, 15) is 14.5 Å². The second-order valence-corrected chi connectivity index (χ2v) is 8.16. The summed E-state index contributed by atoms with van der Waals surface area (Å²) in [7, 11) is -4.20. The first-order valence-electron chi connectivity index (χ1n) is 9.74. The lowest BCUT2D eigenvalue weighted by Gasteiger charge is -2.19. The van der Waals surface area contributed by atoms with Gasteiger partial charge < -0.3 is 18.7 Å². The summed E-state index contributed by atoms with van der Waals surface area (Å²) >= 11 is 0. The number of ketones is 1. The highest BCUT2D eigenvalue weighted by atomic mass is 31.2. The van der Waals surface area contributed by atoms with E-state index in [0.29, 0.717) is 5.56 Å². The van der Waals surface area contributed by atoms with Crippen LogP contribution >= 0.6 is 7.82 Å². The molecule has 4 aromatic carbocycles. The molecule has 7 heteroatoms. The zero-order chi connectivity index (χ0) is 22.4. The van der Waals surface area contributed by atoms with Gasteiger partial charge in [0.2, 0.25) is 0 Å². The zero-order valence-corrected chi connectivity index (χ0v) is 17.7. The SMILES string of the molecule is O=C(c1ccccc1)c1ccc(OP(=O)(Oc2ccccc2)Oc2ccccc2)cc1O. The Labute approximate surface area is 185 Å². The highest BCUT2D eigenvalue weighted by molar-refractivity contribution is 7.49. The predicted octanol–water partition coefficient (Wildman–Crippen LogP) is 6.27. The fourth-order valence-corrected chi connectivity index (χ4v) is 4.15. The van der Waals surface area contributed by atoms with E-state index in [0.717, 1.165) is 0 Å². The van der Waals surface area contributed by atoms with Crippen LogP contribution in [0.4, 0.5) is 0 Å². The van der Waals surface area contributed by atoms with Crippen LogP contribution in [0.3, 0.4) is 0 Å². The lowest BCUT2D eigenvalue weighted by atomic mass is 10.0. The molecule has 0 amide bonds. The second kappa shape index (κ2) is 9.41. The van der Waals surface area contributed by atoms with Crippen molar-refractivity contribution >= 4 is 13.6 Å². The smallest absolute Gasteiger partial charge is 0.507 e. The molecule has 0 unspecified atom stereocenters. The molecule has 0 fully saturated rings. The third-order valence-corrected chi connectivity index (χ3v) is 5.69. The zero-order valence-electron chi connectivity index (χ0n) is 16.8. The summed E-state index contributed by atoms with van der Waals surface area (Å²) in [5, 5.41) is 10.4. The minimum Gasteiger partial charge on any atom is -0.507 e. The maximum atomic E-state index is 13.5. The molecule has 0 aromatic heterocycles. The second-order valence-electron chi connectivity index (χ2n) is 6.72. The van der Waals surface area contributed by atoms with Crippen molar-refractivity contribution in [2.24, 2.45) is 0 Å². The summed E-state index contributed by atoms with van der Waals surface area (Å²) < 4.78 is 30.1. The van der Waals surface area contributed by atoms with Gasteiger partial charge >= 0.3 is 7.82 Å². The number of phosphoric acid groups is 1. The summed E-state index contributed by atoms with van der Waals surface area (Å²) in [6, 6.07) is 29.5. The number of carbonyl (C=O) groups is 1. The topological polar surface area (TPSA) is 82.1 Å². The first kappa shape index (κ1) is 21.2. The molecule has 0 spiro atoms. The molecule has 0 aliphatic heterocycles. The number of hydrogen-bond acceptors (Lipinski definition) is 6. The summed E-state index contributed by atoms with van der Waals surface area (Å²) in [5.74, 6) is -0.0812. The molecule has 32 heavy (non-hydrogen) atoms. The van der Waals surface area contributed by atoms with E-state index in [2.05, 4.69) is 0 Å². The number of benzene rings is 4. The van der Waals surface area contributed by atoms with Crippen molar-refractivity contribution in [3.8, 4) is 23.0 Å². The van der Waals surface area contributed by atoms with Gasteiger partial charge in [-0.25, -0.2) is 0 Å². The van der Waals surface area contributed by atoms with Crippen LogP contribution in [-0.2, 0) is 4.57 Å². The first-order valence-corrected chi connectivity index (χ1v) is 11.2. The van der Waals surface area contributed by atoms with Crippen LogP contribution in [0.15, 0.2) is 109 Å². The molecule has 0 aliphatic rings. The Morgan fingerprint density at radius 1 is 0.625 bits per heavy atom. The van der Waals surface area contributed by atoms with Gasteiger partial charge in [-0.1, -0.05) is 66.7 Å². The van der Waals surface area contributed by atoms with Crippen LogP contribution in [0.2, 0.25) is 0 Å². The van der Waals surface area contributed by atoms with Crippen molar-refractivity contribution in [3.63, 3.8) is 0 Å². The molecule has 0 heterocycles. The monoisotopic (exact) mass is 446 g/mol. The number of rotatable bonds is 8. The Morgan fingerprint density at radius 2 is 1.09 bits per heavy atom. The van der Waals surface area contributed by atoms with Crippen LogP contribution in [0.25, 0.3) is 0 Å². The van der Waals surface area contributed by atoms with E-state index in [-0.39, 0.29) is 34.3 Å². The summed E-state index contributed by atoms with van der Waals surface area (Å²) in [4.78, 5) is 12.6. The van der Waals surface area contributed by atoms with Gasteiger partial charge in [-0.2, -0.15) is 4.57 Å². The van der Waals surface area contributed by atoms with Crippen LogP contribution in [-0.4, -0.2) is 10.9 Å². The van der Waals surface area contributed by atoms with Crippen molar-refractivity contribution in [2.75, 3.05) is 0 Å². The Bertz CT molecular complexity index is 1200. The third kappa shape index (κ3) is 5.17. The van der Waals surface area contributed by atoms with Crippen molar-refractivity contribution in [2.45, 2.75) is 0 Å². The number of phosphoric ester groups is 1. The summed E-state index contributed by atoms with van der Waals surface area (Å²) in [6.07, 6.45) is 0. The van der Waals surface area contributed by atoms with E-state index < -0.39 is 7.82 Å². The van der Waals surface area contributed by atoms with E-state index in [4.69, 9.17) is 13.6 Å². The van der Waals surface area contributed by atoms with Crippen molar-refractivity contribution in [1.29, 1.82) is 0 Å². The standard InChI is InChI=1S/C25H19O6P/c26-24-18-22(16-17-23(24)25(27)19-10-4-1-5-11-19)31-32(28,29-20-12-6-2-7-13-20)30-21-14-8-3-9-15-21/h1-18,26H. The third-order valence-electron chi connectivity index (χ3n) is 4.39. The fourth-order valence-electron chi connectivity index (χ4n) is 2.91. The maximum Gasteiger partial charge on any atom is 0.647 e. The lowest BCUT2D eigenvalue weighted by molar-refractivity contribution is 0.103. The lowest BCUT2D eigenvalue weighted by Crippen LogP contribution is -2.08. The van der Waals surface area contributed by atoms with Crippen LogP contribution in [0.5, 0.6) is 23.0 Å².